The van der Waals surface area contributed by atoms with Crippen LogP contribution in [0.15, 0.2) is 51.8 Å². The molecule has 132 valence electrons. The van der Waals surface area contributed by atoms with Crippen molar-refractivity contribution in [2.45, 2.75) is 11.3 Å². The van der Waals surface area contributed by atoms with Crippen LogP contribution in [0.1, 0.15) is 5.56 Å². The molecule has 0 radical (unpaired) electrons. The monoisotopic (exact) mass is 424 g/mol. The number of sulfonamides is 1. The highest BCUT2D eigenvalue weighted by atomic mass is 79.9. The molecule has 0 aliphatic carbocycles. The summed E-state index contributed by atoms with van der Waals surface area (Å²) in [6.45, 7) is 0.560. The third-order valence-corrected chi connectivity index (χ3v) is 6.32. The highest BCUT2D eigenvalue weighted by molar-refractivity contribution is 9.10. The molecule has 2 aromatic carbocycles. The molecular formula is C17H17BrN2O4S. The zero-order valence-electron chi connectivity index (χ0n) is 13.5. The number of nitrogens with zero attached hydrogens (tertiary/aromatic N) is 1. The molecule has 0 aromatic heterocycles. The topological polar surface area (TPSA) is 75.7 Å². The van der Waals surface area contributed by atoms with Gasteiger partial charge in [-0.1, -0.05) is 18.2 Å². The van der Waals surface area contributed by atoms with Gasteiger partial charge in [-0.2, -0.15) is 0 Å². The maximum absolute atomic E-state index is 12.6. The van der Waals surface area contributed by atoms with E-state index >= 15 is 0 Å². The molecule has 1 aliphatic heterocycles. The molecule has 8 heteroatoms. The van der Waals surface area contributed by atoms with Crippen molar-refractivity contribution in [3.05, 3.63) is 52.5 Å². The second-order valence-electron chi connectivity index (χ2n) is 5.61. The van der Waals surface area contributed by atoms with Crippen molar-refractivity contribution in [2.24, 2.45) is 0 Å². The number of anilines is 2. The van der Waals surface area contributed by atoms with Gasteiger partial charge in [-0.05, 0) is 52.2 Å². The van der Waals surface area contributed by atoms with E-state index in [1.807, 2.05) is 6.07 Å². The Hall–Kier alpha value is -1.90. The fraction of sp³-hybridized carbons (Fsp3) is 0.235. The number of fused-ring (bicyclic) bond motifs is 1. The van der Waals surface area contributed by atoms with Crippen LogP contribution in [0.25, 0.3) is 0 Å². The van der Waals surface area contributed by atoms with E-state index in [0.717, 1.165) is 17.7 Å². The van der Waals surface area contributed by atoms with Crippen molar-refractivity contribution in [2.75, 3.05) is 29.9 Å². The minimum Gasteiger partial charge on any atom is -0.375 e. The summed E-state index contributed by atoms with van der Waals surface area (Å²) >= 11 is 3.26. The molecule has 6 nitrogen and oxygen atoms in total. The van der Waals surface area contributed by atoms with E-state index < -0.39 is 10.0 Å². The van der Waals surface area contributed by atoms with Crippen molar-refractivity contribution in [3.63, 3.8) is 0 Å². The van der Waals surface area contributed by atoms with Gasteiger partial charge < -0.3 is 9.64 Å². The molecule has 0 unspecified atom stereocenters. The lowest BCUT2D eigenvalue weighted by atomic mass is 10.1. The molecule has 0 bridgehead atoms. The number of carbonyl (C=O) groups is 1. The summed E-state index contributed by atoms with van der Waals surface area (Å²) in [5.74, 6) is -0.146. The highest BCUT2D eigenvalue weighted by Crippen LogP contribution is 2.32. The molecule has 0 saturated carbocycles. The Morgan fingerprint density at radius 1 is 1.28 bits per heavy atom. The number of hydrogen-bond acceptors (Lipinski definition) is 4. The first-order chi connectivity index (χ1) is 11.9. The van der Waals surface area contributed by atoms with Crippen LogP contribution in [0.4, 0.5) is 11.4 Å². The lowest BCUT2D eigenvalue weighted by Crippen LogP contribution is -2.32. The Kier molecular flexibility index (Phi) is 5.12. The summed E-state index contributed by atoms with van der Waals surface area (Å²) in [6, 6.07) is 11.8. The van der Waals surface area contributed by atoms with Crippen molar-refractivity contribution < 1.29 is 17.9 Å². The quantitative estimate of drug-likeness (QED) is 0.800. The first kappa shape index (κ1) is 17.9. The summed E-state index contributed by atoms with van der Waals surface area (Å²) in [6.07, 6.45) is 0.738. The first-order valence-corrected chi connectivity index (χ1v) is 9.89. The van der Waals surface area contributed by atoms with Crippen LogP contribution in [-0.4, -0.2) is 34.6 Å². The molecule has 0 fully saturated rings. The Morgan fingerprint density at radius 3 is 2.76 bits per heavy atom. The highest BCUT2D eigenvalue weighted by Gasteiger charge is 2.25. The number of benzene rings is 2. The third-order valence-electron chi connectivity index (χ3n) is 3.93. The molecule has 0 atom stereocenters. The van der Waals surface area contributed by atoms with Gasteiger partial charge in [-0.25, -0.2) is 8.42 Å². The fourth-order valence-corrected chi connectivity index (χ4v) is 4.83. The van der Waals surface area contributed by atoms with Crippen LogP contribution in [0.3, 0.4) is 0 Å². The van der Waals surface area contributed by atoms with E-state index in [1.54, 1.807) is 35.2 Å². The average Bonchev–Trinajstić information content (AvgIpc) is 2.98. The SMILES string of the molecule is COCC(=O)N1CCc2ccc(NS(=O)(=O)c3ccccc3Br)cc21. The largest absolute Gasteiger partial charge is 0.375 e. The molecule has 0 spiro atoms. The second kappa shape index (κ2) is 7.15. The summed E-state index contributed by atoms with van der Waals surface area (Å²) in [4.78, 5) is 13.9. The first-order valence-electron chi connectivity index (χ1n) is 7.62. The van der Waals surface area contributed by atoms with Crippen LogP contribution >= 0.6 is 15.9 Å². The van der Waals surface area contributed by atoms with E-state index in [1.165, 1.54) is 13.2 Å². The van der Waals surface area contributed by atoms with Gasteiger partial charge in [0.15, 0.2) is 0 Å². The maximum Gasteiger partial charge on any atom is 0.263 e. The molecule has 2 aromatic rings. The van der Waals surface area contributed by atoms with Gasteiger partial charge >= 0.3 is 0 Å². The minimum atomic E-state index is -3.73. The average molecular weight is 425 g/mol. The summed E-state index contributed by atoms with van der Waals surface area (Å²) < 4.78 is 33.2. The van der Waals surface area contributed by atoms with E-state index in [4.69, 9.17) is 4.74 Å². The fourth-order valence-electron chi connectivity index (χ4n) is 2.78. The number of hydrogen-bond donors (Lipinski definition) is 1. The lowest BCUT2D eigenvalue weighted by Gasteiger charge is -2.18. The number of nitrogens with one attached hydrogen (secondary N) is 1. The van der Waals surface area contributed by atoms with Gasteiger partial charge in [-0.3, -0.25) is 9.52 Å². The van der Waals surface area contributed by atoms with Gasteiger partial charge in [0.2, 0.25) is 0 Å². The van der Waals surface area contributed by atoms with Crippen LogP contribution in [0.2, 0.25) is 0 Å². The lowest BCUT2D eigenvalue weighted by molar-refractivity contribution is -0.122. The Balaban J connectivity index is 1.89. The summed E-state index contributed by atoms with van der Waals surface area (Å²) in [5.41, 5.74) is 2.13. The Morgan fingerprint density at radius 2 is 2.04 bits per heavy atom. The number of carbonyl (C=O) groups excluding carboxylic acids is 1. The van der Waals surface area contributed by atoms with Crippen molar-refractivity contribution in [3.8, 4) is 0 Å². The van der Waals surface area contributed by atoms with Gasteiger partial charge in [0.1, 0.15) is 11.5 Å². The summed E-state index contributed by atoms with van der Waals surface area (Å²) in [5, 5.41) is 0. The molecule has 1 amide bonds. The number of rotatable bonds is 5. The normalized spacial score (nSPS) is 13.6. The van der Waals surface area contributed by atoms with E-state index in [2.05, 4.69) is 20.7 Å². The molecular weight excluding hydrogens is 408 g/mol. The van der Waals surface area contributed by atoms with E-state index in [0.29, 0.717) is 16.7 Å². The van der Waals surface area contributed by atoms with Gasteiger partial charge in [-0.15, -0.1) is 0 Å². The van der Waals surface area contributed by atoms with Crippen LogP contribution in [-0.2, 0) is 26.0 Å². The predicted octanol–water partition coefficient (Wildman–Crippen LogP) is 2.79. The molecule has 0 saturated heterocycles. The number of halogens is 1. The minimum absolute atomic E-state index is 0.00758. The maximum atomic E-state index is 12.6. The molecule has 1 aliphatic rings. The third kappa shape index (κ3) is 3.70. The van der Waals surface area contributed by atoms with Crippen molar-refractivity contribution in [1.29, 1.82) is 0 Å². The molecule has 3 rings (SSSR count). The predicted molar refractivity (Wildman–Crippen MR) is 99.3 cm³/mol. The van der Waals surface area contributed by atoms with E-state index in [9.17, 15) is 13.2 Å². The van der Waals surface area contributed by atoms with Crippen LogP contribution in [0, 0.1) is 0 Å². The van der Waals surface area contributed by atoms with Crippen LogP contribution in [0.5, 0.6) is 0 Å². The van der Waals surface area contributed by atoms with Gasteiger partial charge in [0.05, 0.1) is 5.69 Å². The Labute approximate surface area is 155 Å². The molecule has 1 N–H and O–H groups in total. The zero-order valence-corrected chi connectivity index (χ0v) is 15.9. The van der Waals surface area contributed by atoms with Crippen molar-refractivity contribution >= 4 is 43.2 Å². The van der Waals surface area contributed by atoms with Crippen molar-refractivity contribution in [1.82, 2.24) is 0 Å². The summed E-state index contributed by atoms with van der Waals surface area (Å²) in [7, 11) is -2.26. The number of ether oxygens (including phenoxy) is 1. The standard InChI is InChI=1S/C17H17BrN2O4S/c1-24-11-17(21)20-9-8-12-6-7-13(10-15(12)20)19-25(22,23)16-5-3-2-4-14(16)18/h2-7,10,19H,8-9,11H2,1H3. The van der Waals surface area contributed by atoms with E-state index in [-0.39, 0.29) is 17.4 Å². The van der Waals surface area contributed by atoms with Gasteiger partial charge in [0, 0.05) is 23.8 Å². The number of methoxy groups -OCH3 is 1. The second-order valence-corrected chi connectivity index (χ2v) is 8.11. The van der Waals surface area contributed by atoms with Crippen LogP contribution < -0.4 is 9.62 Å². The Bertz CT molecular complexity index is 915. The number of amides is 1. The molecule has 1 heterocycles. The molecule has 25 heavy (non-hydrogen) atoms. The van der Waals surface area contributed by atoms with Gasteiger partial charge in [0.25, 0.3) is 15.9 Å². The smallest absolute Gasteiger partial charge is 0.263 e. The zero-order chi connectivity index (χ0) is 18.0.